The van der Waals surface area contributed by atoms with E-state index in [1.165, 1.54) is 6.92 Å². The van der Waals surface area contributed by atoms with E-state index in [0.29, 0.717) is 5.56 Å². The van der Waals surface area contributed by atoms with Gasteiger partial charge in [-0.3, -0.25) is 4.79 Å². The summed E-state index contributed by atoms with van der Waals surface area (Å²) in [4.78, 5) is 24.3. The minimum absolute atomic E-state index is 0.103. The van der Waals surface area contributed by atoms with Crippen LogP contribution in [-0.2, 0) is 9.53 Å². The monoisotopic (exact) mass is 351 g/mol. The number of nitrogens with zero attached hydrogens (tertiary/aromatic N) is 2. The fourth-order valence-electron chi connectivity index (χ4n) is 2.71. The first kappa shape index (κ1) is 19.0. The zero-order chi connectivity index (χ0) is 19.4. The second-order valence-corrected chi connectivity index (χ2v) is 6.12. The van der Waals surface area contributed by atoms with Crippen molar-refractivity contribution in [3.63, 3.8) is 0 Å². The van der Waals surface area contributed by atoms with E-state index in [9.17, 15) is 9.59 Å². The van der Waals surface area contributed by atoms with Crippen molar-refractivity contribution in [3.05, 3.63) is 64.1 Å². The molecule has 0 amide bonds. The maximum atomic E-state index is 12.4. The predicted octanol–water partition coefficient (Wildman–Crippen LogP) is 2.88. The van der Waals surface area contributed by atoms with Gasteiger partial charge in [0.1, 0.15) is 11.6 Å². The van der Waals surface area contributed by atoms with E-state index in [1.807, 2.05) is 49.6 Å². The zero-order valence-corrected chi connectivity index (χ0v) is 15.3. The van der Waals surface area contributed by atoms with Crippen LogP contribution in [0.15, 0.2) is 41.6 Å². The van der Waals surface area contributed by atoms with Crippen LogP contribution >= 0.6 is 0 Å². The van der Waals surface area contributed by atoms with E-state index in [-0.39, 0.29) is 11.3 Å². The SMILES string of the molecule is C/C(N)=C(\C#N)C(=O)COC(=O)c1cc(C)n(-c2ccc(C)cc2)c1C. The van der Waals surface area contributed by atoms with Crippen LogP contribution in [0.5, 0.6) is 0 Å². The van der Waals surface area contributed by atoms with Gasteiger partial charge in [0, 0.05) is 22.8 Å². The number of aromatic nitrogens is 1. The van der Waals surface area contributed by atoms with Gasteiger partial charge in [-0.25, -0.2) is 4.79 Å². The molecular formula is C20H21N3O3. The van der Waals surface area contributed by atoms with E-state index in [0.717, 1.165) is 22.6 Å². The van der Waals surface area contributed by atoms with Gasteiger partial charge in [-0.05, 0) is 45.9 Å². The molecule has 26 heavy (non-hydrogen) atoms. The first-order chi connectivity index (χ1) is 12.3. The number of nitriles is 1. The van der Waals surface area contributed by atoms with Gasteiger partial charge in [-0.2, -0.15) is 5.26 Å². The second kappa shape index (κ2) is 7.70. The molecule has 0 saturated heterocycles. The average Bonchev–Trinajstić information content (AvgIpc) is 2.88. The van der Waals surface area contributed by atoms with Gasteiger partial charge < -0.3 is 15.0 Å². The number of allylic oxidation sites excluding steroid dienone is 1. The van der Waals surface area contributed by atoms with Crippen molar-refractivity contribution in [2.45, 2.75) is 27.7 Å². The van der Waals surface area contributed by atoms with Gasteiger partial charge in [0.05, 0.1) is 5.56 Å². The number of hydrogen-bond acceptors (Lipinski definition) is 5. The normalized spacial score (nSPS) is 11.5. The lowest BCUT2D eigenvalue weighted by atomic mass is 10.1. The summed E-state index contributed by atoms with van der Waals surface area (Å²) in [5, 5.41) is 8.93. The molecule has 0 spiro atoms. The summed E-state index contributed by atoms with van der Waals surface area (Å²) in [6, 6.07) is 11.4. The highest BCUT2D eigenvalue weighted by Crippen LogP contribution is 2.22. The van der Waals surface area contributed by atoms with Gasteiger partial charge in [-0.15, -0.1) is 0 Å². The number of carbonyl (C=O) groups excluding carboxylic acids is 2. The minimum atomic E-state index is -0.617. The van der Waals surface area contributed by atoms with E-state index in [1.54, 1.807) is 12.1 Å². The van der Waals surface area contributed by atoms with Crippen LogP contribution in [0.2, 0.25) is 0 Å². The van der Waals surface area contributed by atoms with Crippen LogP contribution in [0.4, 0.5) is 0 Å². The molecule has 0 aliphatic rings. The van der Waals surface area contributed by atoms with Crippen molar-refractivity contribution in [2.24, 2.45) is 5.73 Å². The minimum Gasteiger partial charge on any atom is -0.454 e. The van der Waals surface area contributed by atoms with Gasteiger partial charge >= 0.3 is 5.97 Å². The highest BCUT2D eigenvalue weighted by Gasteiger charge is 2.20. The molecule has 0 bridgehead atoms. The third-order valence-corrected chi connectivity index (χ3v) is 4.06. The Morgan fingerprint density at radius 1 is 1.19 bits per heavy atom. The van der Waals surface area contributed by atoms with Gasteiger partial charge in [0.25, 0.3) is 0 Å². The number of carbonyl (C=O) groups is 2. The molecule has 0 aliphatic carbocycles. The average molecular weight is 351 g/mol. The molecule has 0 aliphatic heterocycles. The van der Waals surface area contributed by atoms with E-state index >= 15 is 0 Å². The van der Waals surface area contributed by atoms with Crippen LogP contribution < -0.4 is 5.73 Å². The molecule has 0 saturated carbocycles. The Morgan fingerprint density at radius 2 is 1.81 bits per heavy atom. The molecular weight excluding hydrogens is 330 g/mol. The lowest BCUT2D eigenvalue weighted by Gasteiger charge is -2.10. The summed E-state index contributed by atoms with van der Waals surface area (Å²) in [7, 11) is 0. The molecule has 1 aromatic carbocycles. The van der Waals surface area contributed by atoms with Crippen molar-refractivity contribution in [2.75, 3.05) is 6.61 Å². The molecule has 1 heterocycles. The maximum absolute atomic E-state index is 12.4. The number of rotatable bonds is 5. The summed E-state index contributed by atoms with van der Waals surface area (Å²) in [6.45, 7) is 6.64. The molecule has 134 valence electrons. The van der Waals surface area contributed by atoms with E-state index in [4.69, 9.17) is 15.7 Å². The van der Waals surface area contributed by atoms with Crippen molar-refractivity contribution >= 4 is 11.8 Å². The van der Waals surface area contributed by atoms with E-state index < -0.39 is 18.4 Å². The molecule has 6 heteroatoms. The smallest absolute Gasteiger partial charge is 0.340 e. The summed E-state index contributed by atoms with van der Waals surface area (Å²) in [5.41, 5.74) is 9.45. The molecule has 6 nitrogen and oxygen atoms in total. The van der Waals surface area contributed by atoms with Crippen LogP contribution in [0.1, 0.15) is 34.2 Å². The Labute approximate surface area is 152 Å². The number of aryl methyl sites for hydroxylation is 2. The van der Waals surface area contributed by atoms with Crippen molar-refractivity contribution in [1.82, 2.24) is 4.57 Å². The number of esters is 1. The Morgan fingerprint density at radius 3 is 2.35 bits per heavy atom. The quantitative estimate of drug-likeness (QED) is 0.507. The zero-order valence-electron chi connectivity index (χ0n) is 15.3. The lowest BCUT2D eigenvalue weighted by Crippen LogP contribution is -2.18. The number of ketones is 1. The number of Topliss-reactive ketones (excluding diaryl/α,β-unsaturated/α-hetero) is 1. The predicted molar refractivity (Wildman–Crippen MR) is 97.8 cm³/mol. The molecule has 2 aromatic rings. The van der Waals surface area contributed by atoms with Crippen LogP contribution in [0.25, 0.3) is 5.69 Å². The first-order valence-electron chi connectivity index (χ1n) is 8.09. The third-order valence-electron chi connectivity index (χ3n) is 4.06. The summed E-state index contributed by atoms with van der Waals surface area (Å²) in [5.74, 6) is -1.23. The van der Waals surface area contributed by atoms with Crippen LogP contribution in [0.3, 0.4) is 0 Å². The van der Waals surface area contributed by atoms with Crippen LogP contribution in [0, 0.1) is 32.1 Å². The molecule has 2 rings (SSSR count). The molecule has 0 unspecified atom stereocenters. The Bertz CT molecular complexity index is 924. The summed E-state index contributed by atoms with van der Waals surface area (Å²) in [6.07, 6.45) is 0. The van der Waals surface area contributed by atoms with Crippen molar-refractivity contribution < 1.29 is 14.3 Å². The topological polar surface area (TPSA) is 98.1 Å². The Balaban J connectivity index is 2.22. The standard InChI is InChI=1S/C20H21N3O3/c1-12-5-7-16(8-6-12)23-13(2)9-17(15(23)4)20(25)26-11-19(24)18(10-21)14(3)22/h5-9H,11,22H2,1-4H3/b18-14-. The van der Waals surface area contributed by atoms with Crippen molar-refractivity contribution in [1.29, 1.82) is 5.26 Å². The highest BCUT2D eigenvalue weighted by molar-refractivity contribution is 6.02. The number of nitrogens with two attached hydrogens (primary N) is 1. The fourth-order valence-corrected chi connectivity index (χ4v) is 2.71. The van der Waals surface area contributed by atoms with Gasteiger partial charge in [-0.1, -0.05) is 17.7 Å². The fraction of sp³-hybridized carbons (Fsp3) is 0.250. The lowest BCUT2D eigenvalue weighted by molar-refractivity contribution is -0.118. The van der Waals surface area contributed by atoms with Gasteiger partial charge in [0.2, 0.25) is 5.78 Å². The van der Waals surface area contributed by atoms with E-state index in [2.05, 4.69) is 0 Å². The number of benzene rings is 1. The maximum Gasteiger partial charge on any atom is 0.340 e. The van der Waals surface area contributed by atoms with Crippen molar-refractivity contribution in [3.8, 4) is 11.8 Å². The Hall–Kier alpha value is -3.33. The van der Waals surface area contributed by atoms with Gasteiger partial charge in [0.15, 0.2) is 6.61 Å². The number of ether oxygens (including phenoxy) is 1. The molecule has 1 aromatic heterocycles. The second-order valence-electron chi connectivity index (χ2n) is 6.12. The largest absolute Gasteiger partial charge is 0.454 e. The highest BCUT2D eigenvalue weighted by atomic mass is 16.5. The third kappa shape index (κ3) is 3.83. The molecule has 0 atom stereocenters. The summed E-state index contributed by atoms with van der Waals surface area (Å²) >= 11 is 0. The van der Waals surface area contributed by atoms with Crippen LogP contribution in [-0.4, -0.2) is 22.9 Å². The molecule has 2 N–H and O–H groups in total. The Kier molecular flexibility index (Phi) is 5.63. The number of hydrogen-bond donors (Lipinski definition) is 1. The summed E-state index contributed by atoms with van der Waals surface area (Å²) < 4.78 is 7.03. The molecule has 0 fully saturated rings. The molecule has 0 radical (unpaired) electrons. The first-order valence-corrected chi connectivity index (χ1v) is 8.09.